The third-order valence-electron chi connectivity index (χ3n) is 3.10. The molecule has 18 heavy (non-hydrogen) atoms. The zero-order valence-corrected chi connectivity index (χ0v) is 11.9. The maximum Gasteiger partial charge on any atom is 0.122 e. The number of hydrogen-bond donors (Lipinski definition) is 1. The average molecular weight is 251 g/mol. The summed E-state index contributed by atoms with van der Waals surface area (Å²) in [4.78, 5) is 2.21. The van der Waals surface area contributed by atoms with E-state index in [0.717, 1.165) is 12.3 Å². The van der Waals surface area contributed by atoms with Crippen LogP contribution in [0, 0.1) is 13.8 Å². The Kier molecular flexibility index (Phi) is 6.16. The summed E-state index contributed by atoms with van der Waals surface area (Å²) in [6, 6.07) is 6.67. The Bertz CT molecular complexity index is 364. The lowest BCUT2D eigenvalue weighted by Crippen LogP contribution is -2.36. The first-order valence-corrected chi connectivity index (χ1v) is 6.59. The molecule has 0 aliphatic heterocycles. The van der Waals surface area contributed by atoms with Crippen molar-refractivity contribution in [3.8, 4) is 5.75 Å². The third-order valence-corrected chi connectivity index (χ3v) is 3.10. The molecule has 0 bridgehead atoms. The van der Waals surface area contributed by atoms with Crippen LogP contribution in [0.25, 0.3) is 0 Å². The van der Waals surface area contributed by atoms with Gasteiger partial charge in [-0.05, 0) is 44.9 Å². The molecule has 0 amide bonds. The van der Waals surface area contributed by atoms with E-state index in [9.17, 15) is 0 Å². The molecule has 0 unspecified atom stereocenters. The molecule has 0 saturated heterocycles. The van der Waals surface area contributed by atoms with Crippen LogP contribution in [0.4, 0.5) is 0 Å². The predicted octanol–water partition coefficient (Wildman–Crippen LogP) is 2.38. The van der Waals surface area contributed by atoms with Gasteiger partial charge in [0.1, 0.15) is 12.4 Å². The zero-order valence-electron chi connectivity index (χ0n) is 11.9. The zero-order chi connectivity index (χ0) is 13.5. The molecule has 0 aliphatic rings. The van der Waals surface area contributed by atoms with Crippen molar-refractivity contribution in [1.29, 1.82) is 0 Å². The predicted molar refractivity (Wildman–Crippen MR) is 75.2 cm³/mol. The lowest BCUT2D eigenvalue weighted by atomic mass is 10.1. The van der Waals surface area contributed by atoms with E-state index < -0.39 is 0 Å². The minimum Gasteiger partial charge on any atom is -0.492 e. The number of hydrogen-bond acceptors (Lipinski definition) is 3. The van der Waals surface area contributed by atoms with Gasteiger partial charge in [0.25, 0.3) is 0 Å². The molecule has 1 N–H and O–H groups in total. The number of aliphatic hydroxyl groups excluding tert-OH is 1. The number of aliphatic hydroxyl groups is 1. The van der Waals surface area contributed by atoms with Gasteiger partial charge in [-0.25, -0.2) is 0 Å². The van der Waals surface area contributed by atoms with Crippen LogP contribution in [0.3, 0.4) is 0 Å². The number of aryl methyl sites for hydroxylation is 2. The first-order chi connectivity index (χ1) is 8.54. The summed E-state index contributed by atoms with van der Waals surface area (Å²) >= 11 is 0. The van der Waals surface area contributed by atoms with E-state index in [1.807, 2.05) is 0 Å². The Morgan fingerprint density at radius 1 is 1.22 bits per heavy atom. The number of ether oxygens (including phenoxy) is 1. The highest BCUT2D eigenvalue weighted by atomic mass is 16.5. The fourth-order valence-corrected chi connectivity index (χ4v) is 1.89. The van der Waals surface area contributed by atoms with Crippen LogP contribution in [-0.2, 0) is 0 Å². The molecule has 1 aromatic rings. The summed E-state index contributed by atoms with van der Waals surface area (Å²) < 4.78 is 5.82. The Labute approximate surface area is 110 Å². The molecular weight excluding hydrogens is 226 g/mol. The molecule has 0 heterocycles. The molecule has 102 valence electrons. The van der Waals surface area contributed by atoms with Crippen molar-refractivity contribution in [2.45, 2.75) is 33.7 Å². The van der Waals surface area contributed by atoms with Crippen molar-refractivity contribution in [1.82, 2.24) is 4.90 Å². The van der Waals surface area contributed by atoms with Gasteiger partial charge in [0, 0.05) is 19.1 Å². The van der Waals surface area contributed by atoms with Crippen molar-refractivity contribution in [3.05, 3.63) is 29.3 Å². The normalized spacial score (nSPS) is 11.3. The van der Waals surface area contributed by atoms with E-state index in [1.165, 1.54) is 11.1 Å². The Morgan fingerprint density at radius 2 is 1.94 bits per heavy atom. The van der Waals surface area contributed by atoms with Gasteiger partial charge in [0.2, 0.25) is 0 Å². The van der Waals surface area contributed by atoms with Gasteiger partial charge in [0.05, 0.1) is 6.61 Å². The second-order valence-electron chi connectivity index (χ2n) is 4.97. The van der Waals surface area contributed by atoms with E-state index >= 15 is 0 Å². The molecular formula is C15H25NO2. The largest absolute Gasteiger partial charge is 0.492 e. The summed E-state index contributed by atoms with van der Waals surface area (Å²) in [6.07, 6.45) is 0. The molecule has 3 heteroatoms. The summed E-state index contributed by atoms with van der Waals surface area (Å²) in [7, 11) is 0. The first-order valence-electron chi connectivity index (χ1n) is 6.59. The SMILES string of the molecule is Cc1ccc(C)c(OCCN(CCO)C(C)C)c1. The van der Waals surface area contributed by atoms with Crippen molar-refractivity contribution in [2.75, 3.05) is 26.3 Å². The van der Waals surface area contributed by atoms with Gasteiger partial charge >= 0.3 is 0 Å². The van der Waals surface area contributed by atoms with E-state index in [0.29, 0.717) is 19.2 Å². The van der Waals surface area contributed by atoms with E-state index in [1.54, 1.807) is 0 Å². The van der Waals surface area contributed by atoms with Gasteiger partial charge in [-0.15, -0.1) is 0 Å². The van der Waals surface area contributed by atoms with Crippen molar-refractivity contribution in [3.63, 3.8) is 0 Å². The minimum absolute atomic E-state index is 0.196. The second kappa shape index (κ2) is 7.39. The van der Waals surface area contributed by atoms with Crippen molar-refractivity contribution < 1.29 is 9.84 Å². The molecule has 0 saturated carbocycles. The highest BCUT2D eigenvalue weighted by molar-refractivity contribution is 5.35. The molecule has 0 radical (unpaired) electrons. The maximum atomic E-state index is 9.00. The third kappa shape index (κ3) is 4.67. The van der Waals surface area contributed by atoms with Crippen molar-refractivity contribution in [2.24, 2.45) is 0 Å². The van der Waals surface area contributed by atoms with Gasteiger partial charge in [-0.2, -0.15) is 0 Å². The van der Waals surface area contributed by atoms with Crippen LogP contribution in [0.5, 0.6) is 5.75 Å². The molecule has 0 spiro atoms. The Balaban J connectivity index is 2.47. The van der Waals surface area contributed by atoms with Crippen molar-refractivity contribution >= 4 is 0 Å². The Hall–Kier alpha value is -1.06. The molecule has 1 aromatic carbocycles. The van der Waals surface area contributed by atoms with Gasteiger partial charge < -0.3 is 9.84 Å². The molecule has 1 rings (SSSR count). The minimum atomic E-state index is 0.196. The van der Waals surface area contributed by atoms with E-state index in [-0.39, 0.29) is 6.61 Å². The fourth-order valence-electron chi connectivity index (χ4n) is 1.89. The first kappa shape index (κ1) is 15.0. The van der Waals surface area contributed by atoms with Gasteiger partial charge in [0.15, 0.2) is 0 Å². The summed E-state index contributed by atoms with van der Waals surface area (Å²) in [5.74, 6) is 0.961. The average Bonchev–Trinajstić information content (AvgIpc) is 2.32. The quantitative estimate of drug-likeness (QED) is 0.807. The van der Waals surface area contributed by atoms with Crippen LogP contribution in [0.1, 0.15) is 25.0 Å². The second-order valence-corrected chi connectivity index (χ2v) is 4.97. The number of nitrogens with zero attached hydrogens (tertiary/aromatic N) is 1. The highest BCUT2D eigenvalue weighted by Gasteiger charge is 2.08. The smallest absolute Gasteiger partial charge is 0.122 e. The lowest BCUT2D eigenvalue weighted by Gasteiger charge is -2.25. The standard InChI is InChI=1S/C15H25NO2/c1-12(2)16(7-9-17)8-10-18-15-11-13(3)5-6-14(15)4/h5-6,11-12,17H,7-10H2,1-4H3. The fraction of sp³-hybridized carbons (Fsp3) is 0.600. The van der Waals surface area contributed by atoms with E-state index in [2.05, 4.69) is 50.8 Å². The van der Waals surface area contributed by atoms with Gasteiger partial charge in [-0.3, -0.25) is 4.90 Å². The summed E-state index contributed by atoms with van der Waals surface area (Å²) in [5.41, 5.74) is 2.38. The van der Waals surface area contributed by atoms with Crippen LogP contribution >= 0.6 is 0 Å². The molecule has 3 nitrogen and oxygen atoms in total. The molecule has 0 aromatic heterocycles. The van der Waals surface area contributed by atoms with Crippen LogP contribution in [0.2, 0.25) is 0 Å². The summed E-state index contributed by atoms with van der Waals surface area (Å²) in [6.45, 7) is 10.8. The van der Waals surface area contributed by atoms with Crippen LogP contribution in [-0.4, -0.2) is 42.4 Å². The number of rotatable bonds is 7. The monoisotopic (exact) mass is 251 g/mol. The topological polar surface area (TPSA) is 32.7 Å². The highest BCUT2D eigenvalue weighted by Crippen LogP contribution is 2.18. The van der Waals surface area contributed by atoms with Gasteiger partial charge in [-0.1, -0.05) is 12.1 Å². The Morgan fingerprint density at radius 3 is 2.56 bits per heavy atom. The maximum absolute atomic E-state index is 9.00. The van der Waals surface area contributed by atoms with E-state index in [4.69, 9.17) is 9.84 Å². The van der Waals surface area contributed by atoms with Crippen LogP contribution < -0.4 is 4.74 Å². The molecule has 0 atom stereocenters. The lowest BCUT2D eigenvalue weighted by molar-refractivity contribution is 0.141. The number of benzene rings is 1. The summed E-state index contributed by atoms with van der Waals surface area (Å²) in [5, 5.41) is 9.00. The molecule has 0 fully saturated rings. The molecule has 0 aliphatic carbocycles. The van der Waals surface area contributed by atoms with Crippen LogP contribution in [0.15, 0.2) is 18.2 Å².